The molecule has 0 spiro atoms. The maximum atomic E-state index is 14.5. The third kappa shape index (κ3) is 16.4. The van der Waals surface area contributed by atoms with Crippen molar-refractivity contribution < 1.29 is 23.0 Å². The van der Waals surface area contributed by atoms with Crippen LogP contribution in [0.15, 0.2) is 152 Å². The van der Waals surface area contributed by atoms with E-state index in [4.69, 9.17) is 44.1 Å². The normalized spacial score (nSPS) is 19.1. The molecule has 24 nitrogen and oxygen atoms in total. The number of aryl methyl sites for hydroxylation is 6. The van der Waals surface area contributed by atoms with Crippen LogP contribution in [0.1, 0.15) is 104 Å². The number of nitrogens with zero attached hydrogens (tertiary/aromatic N) is 18. The van der Waals surface area contributed by atoms with Crippen LogP contribution in [0, 0.1) is 53.2 Å². The molecule has 6 atom stereocenters. The number of hydrogen-bond acceptors (Lipinski definition) is 21. The van der Waals surface area contributed by atoms with Crippen molar-refractivity contribution in [2.24, 2.45) is 0 Å². The molecule has 9 aromatic heterocycles. The molecule has 0 saturated carbocycles. The predicted molar refractivity (Wildman–Crippen MR) is 417 cm³/mol. The van der Waals surface area contributed by atoms with Crippen molar-refractivity contribution in [1.82, 2.24) is 90.1 Å². The third-order valence-electron chi connectivity index (χ3n) is 21.8. The first-order valence-electron chi connectivity index (χ1n) is 37.7. The smallest absolute Gasteiger partial charge is 0.165 e. The summed E-state index contributed by atoms with van der Waals surface area (Å²) in [5.41, 5.74) is 17.4. The van der Waals surface area contributed by atoms with E-state index in [-0.39, 0.29) is 17.4 Å². The summed E-state index contributed by atoms with van der Waals surface area (Å²) in [5, 5.41) is 22.0. The summed E-state index contributed by atoms with van der Waals surface area (Å²) in [4.78, 5) is 57.3. The van der Waals surface area contributed by atoms with E-state index in [1.807, 2.05) is 127 Å². The summed E-state index contributed by atoms with van der Waals surface area (Å²) in [6, 6.07) is 46.1. The number of ether oxygens (including phenoxy) is 3. The van der Waals surface area contributed by atoms with Gasteiger partial charge in [0.2, 0.25) is 0 Å². The van der Waals surface area contributed by atoms with Crippen molar-refractivity contribution in [2.45, 2.75) is 136 Å². The van der Waals surface area contributed by atoms with Gasteiger partial charge in [0.15, 0.2) is 29.0 Å². The van der Waals surface area contributed by atoms with Crippen molar-refractivity contribution in [3.05, 3.63) is 249 Å². The number of piperidine rings is 2. The minimum atomic E-state index is -0.308. The number of H-pyrrole nitrogens is 3. The summed E-state index contributed by atoms with van der Waals surface area (Å²) < 4.78 is 44.0. The van der Waals surface area contributed by atoms with E-state index in [9.17, 15) is 8.78 Å². The number of piperazine rings is 3. The number of anilines is 3. The van der Waals surface area contributed by atoms with Crippen LogP contribution in [-0.4, -0.2) is 187 Å². The van der Waals surface area contributed by atoms with Gasteiger partial charge in [-0.1, -0.05) is 24.3 Å². The average molecular weight is 1480 g/mol. The fraction of sp³-hybridized carbons (Fsp3) is 0.357. The third-order valence-corrected chi connectivity index (χ3v) is 21.8. The number of rotatable bonds is 21. The largest absolute Gasteiger partial charge is 0.497 e. The number of hydrogen-bond donors (Lipinski definition) is 3. The van der Waals surface area contributed by atoms with Crippen LogP contribution >= 0.6 is 0 Å². The van der Waals surface area contributed by atoms with Crippen molar-refractivity contribution >= 4 is 17.5 Å². The fourth-order valence-electron chi connectivity index (χ4n) is 16.4. The molecule has 0 radical (unpaired) electrons. The highest BCUT2D eigenvalue weighted by Gasteiger charge is 2.47. The first-order valence-corrected chi connectivity index (χ1v) is 37.7. The molecule has 20 rings (SSSR count). The second-order valence-electron chi connectivity index (χ2n) is 30.0. The topological polar surface area (TPSA) is 249 Å². The standard InChI is InChI=1S/2C28H30FN7O.C28H31N7O/c1-17-8-21(10-22-9-18(2)33-34-22)32-28(31-17)19-5-7-27(30-13-19)35-15-23-11-24(16-35)36(23)14-20-4-6-25(37-3)12-26(20)29;1-17-8-21(11-22-9-18(2)33-34-22)32-28(31-17)20-5-7-27(30-13-20)35-15-23-12-24(16-35)36(23)14-19-4-6-26(37-3)25(29)10-19;1-18-10-22(12-23-11-19(2)32-33-23)31-28(30-18)21-6-9-27(29-14-21)35-17-24-13-25(35)16-34(24)15-20-4-7-26(36-3)8-5-20/h4-9,12-13,23-24H,10-11,14-16H2,1-3H3,(H,33,34);4-10,13,23-24H,11-12,14-16H2,1-3H3,(H,33,34);4-11,14,24-25H,12-13,15-17H2,1-3H3,(H,32,33). The lowest BCUT2D eigenvalue weighted by molar-refractivity contribution is -0.00947. The summed E-state index contributed by atoms with van der Waals surface area (Å²) in [7, 11) is 4.75. The van der Waals surface area contributed by atoms with Crippen LogP contribution in [0.25, 0.3) is 34.2 Å². The number of nitrogens with one attached hydrogen (secondary N) is 3. The Balaban J connectivity index is 0.000000125. The predicted octanol–water partition coefficient (Wildman–Crippen LogP) is 12.1. The Morgan fingerprint density at radius 1 is 0.382 bits per heavy atom. The Kier molecular flexibility index (Phi) is 20.9. The Labute approximate surface area is 638 Å². The molecule has 6 bridgehead atoms. The number of aromatic nitrogens is 15. The molecule has 0 aliphatic carbocycles. The van der Waals surface area contributed by atoms with Gasteiger partial charge in [0.25, 0.3) is 0 Å². The molecule has 3 aromatic carbocycles. The molecule has 3 N–H and O–H groups in total. The Morgan fingerprint density at radius 3 is 1.23 bits per heavy atom. The summed E-state index contributed by atoms with van der Waals surface area (Å²) in [5.74, 6) is 6.25. The molecular formula is C84H91F2N21O3. The molecule has 8 saturated heterocycles. The molecule has 6 unspecified atom stereocenters. The molecular weight excluding hydrogens is 1390 g/mol. The summed E-state index contributed by atoms with van der Waals surface area (Å²) in [6.45, 7) is 20.0. The van der Waals surface area contributed by atoms with E-state index in [0.717, 1.165) is 173 Å². The first-order chi connectivity index (χ1) is 53.4. The highest BCUT2D eigenvalue weighted by atomic mass is 19.1. The number of methoxy groups -OCH3 is 3. The van der Waals surface area contributed by atoms with Gasteiger partial charge >= 0.3 is 0 Å². The van der Waals surface area contributed by atoms with E-state index >= 15 is 0 Å². The van der Waals surface area contributed by atoms with Gasteiger partial charge in [0.05, 0.1) is 55.5 Å². The average Bonchev–Trinajstić information content (AvgIpc) is 1.04. The zero-order chi connectivity index (χ0) is 75.7. The Hall–Kier alpha value is -11.5. The lowest BCUT2D eigenvalue weighted by Gasteiger charge is -2.56. The minimum absolute atomic E-state index is 0.209. The van der Waals surface area contributed by atoms with E-state index in [0.29, 0.717) is 90.8 Å². The van der Waals surface area contributed by atoms with Crippen LogP contribution in [0.2, 0.25) is 0 Å². The van der Waals surface area contributed by atoms with Crippen molar-refractivity contribution in [2.75, 3.05) is 75.3 Å². The van der Waals surface area contributed by atoms with E-state index in [2.05, 4.69) is 123 Å². The molecule has 8 aliphatic rings. The molecule has 12 aromatic rings. The number of fused-ring (bicyclic) bond motifs is 6. The van der Waals surface area contributed by atoms with Crippen molar-refractivity contribution in [3.8, 4) is 51.4 Å². The van der Waals surface area contributed by atoms with Crippen molar-refractivity contribution in [1.29, 1.82) is 0 Å². The molecule has 17 heterocycles. The zero-order valence-corrected chi connectivity index (χ0v) is 63.5. The van der Waals surface area contributed by atoms with Gasteiger partial charge in [-0.2, -0.15) is 15.3 Å². The molecule has 564 valence electrons. The number of pyridine rings is 3. The van der Waals surface area contributed by atoms with Crippen molar-refractivity contribution in [3.63, 3.8) is 0 Å². The SMILES string of the molecule is COc1ccc(CN2C3CC2CN(c2ccc(-c4nc(C)cc(Cc5cc(C)[nH]n5)n4)cn2)C3)c(F)c1.COc1ccc(CN2C3CC2CN(c2ccc(-c4nc(C)cc(Cc5cc(C)[nH]n5)n4)cn2)C3)cc1F.COc1ccc(CN2CC3CC2CN3c2ccc(-c3nc(C)cc(Cc4cc(C)[nH]n4)n3)cn2)cc1. The summed E-state index contributed by atoms with van der Waals surface area (Å²) in [6.07, 6.45) is 11.1. The monoisotopic (exact) mass is 1480 g/mol. The van der Waals surface area contributed by atoms with Gasteiger partial charge in [-0.05, 0) is 175 Å². The zero-order valence-electron chi connectivity index (χ0n) is 63.5. The van der Waals surface area contributed by atoms with Crippen LogP contribution in [-0.2, 0) is 38.9 Å². The Bertz CT molecular complexity index is 5190. The van der Waals surface area contributed by atoms with E-state index in [1.165, 1.54) is 31.6 Å². The summed E-state index contributed by atoms with van der Waals surface area (Å²) >= 11 is 0. The van der Waals surface area contributed by atoms with E-state index in [1.54, 1.807) is 26.4 Å². The minimum Gasteiger partial charge on any atom is -0.497 e. The van der Waals surface area contributed by atoms with Crippen LogP contribution in [0.3, 0.4) is 0 Å². The van der Waals surface area contributed by atoms with Crippen LogP contribution in [0.5, 0.6) is 17.2 Å². The van der Waals surface area contributed by atoms with E-state index < -0.39 is 0 Å². The highest BCUT2D eigenvalue weighted by molar-refractivity contribution is 5.60. The molecule has 26 heteroatoms. The second-order valence-corrected chi connectivity index (χ2v) is 30.0. The van der Waals surface area contributed by atoms with Gasteiger partial charge in [-0.25, -0.2) is 53.6 Å². The first kappa shape index (κ1) is 72.7. The number of aromatic amines is 3. The molecule has 8 fully saturated rings. The Morgan fingerprint density at radius 2 is 0.827 bits per heavy atom. The quantitative estimate of drug-likeness (QED) is 0.0605. The van der Waals surface area contributed by atoms with Gasteiger partial charge in [0, 0.05) is 195 Å². The molecule has 110 heavy (non-hydrogen) atoms. The number of halogens is 2. The highest BCUT2D eigenvalue weighted by Crippen LogP contribution is 2.40. The lowest BCUT2D eigenvalue weighted by atomic mass is 9.86. The lowest BCUT2D eigenvalue weighted by Crippen LogP contribution is -2.68. The van der Waals surface area contributed by atoms with Crippen LogP contribution in [0.4, 0.5) is 26.2 Å². The van der Waals surface area contributed by atoms with Crippen LogP contribution < -0.4 is 28.9 Å². The van der Waals surface area contributed by atoms with Gasteiger partial charge in [-0.15, -0.1) is 0 Å². The number of benzene rings is 3. The number of likely N-dealkylation sites (tertiary alicyclic amines) is 1. The second kappa shape index (κ2) is 31.6. The van der Waals surface area contributed by atoms with Gasteiger partial charge in [-0.3, -0.25) is 30.0 Å². The van der Waals surface area contributed by atoms with Gasteiger partial charge < -0.3 is 28.9 Å². The fourth-order valence-corrected chi connectivity index (χ4v) is 16.4. The molecule has 8 aliphatic heterocycles. The molecule has 0 amide bonds. The maximum Gasteiger partial charge on any atom is 0.165 e. The maximum absolute atomic E-state index is 14.5. The van der Waals surface area contributed by atoms with Gasteiger partial charge in [0.1, 0.15) is 34.8 Å².